The van der Waals surface area contributed by atoms with Gasteiger partial charge >= 0.3 is 0 Å². The zero-order valence-electron chi connectivity index (χ0n) is 14.4. The van der Waals surface area contributed by atoms with Gasteiger partial charge in [-0.05, 0) is 44.0 Å². The number of hydrogen-bond acceptors (Lipinski definition) is 5. The van der Waals surface area contributed by atoms with Crippen molar-refractivity contribution in [3.8, 4) is 11.3 Å². The van der Waals surface area contributed by atoms with Crippen molar-refractivity contribution >= 4 is 27.8 Å². The van der Waals surface area contributed by atoms with Gasteiger partial charge in [-0.15, -0.1) is 0 Å². The van der Waals surface area contributed by atoms with Crippen LogP contribution in [0.3, 0.4) is 0 Å². The Balaban J connectivity index is 1.80. The minimum Gasteiger partial charge on any atom is -0.382 e. The van der Waals surface area contributed by atoms with E-state index in [-0.39, 0.29) is 0 Å². The summed E-state index contributed by atoms with van der Waals surface area (Å²) in [5.74, 6) is 1.50. The largest absolute Gasteiger partial charge is 0.382 e. The van der Waals surface area contributed by atoms with Crippen LogP contribution in [0.5, 0.6) is 0 Å². The SMILES string of the molecule is NCCc1nc2c(N)nc3cc(-c4ccn[nH]4)ccc3c2n1C1CCC1. The topological polar surface area (TPSA) is 111 Å². The Hall–Kier alpha value is -2.93. The summed E-state index contributed by atoms with van der Waals surface area (Å²) in [7, 11) is 0. The molecule has 7 heteroatoms. The standard InChI is InChI=1S/C19H21N7/c20-8-6-16-24-17-18(26(16)12-2-1-3-12)13-5-4-11(14-7-9-22-25-14)10-15(13)23-19(17)21/h4-5,7,9-10,12H,1-3,6,8,20H2,(H2,21,23)(H,22,25). The van der Waals surface area contributed by atoms with Gasteiger partial charge in [-0.25, -0.2) is 9.97 Å². The van der Waals surface area contributed by atoms with E-state index in [0.29, 0.717) is 18.4 Å². The highest BCUT2D eigenvalue weighted by molar-refractivity contribution is 6.07. The summed E-state index contributed by atoms with van der Waals surface area (Å²) in [6.45, 7) is 0.575. The summed E-state index contributed by atoms with van der Waals surface area (Å²) in [5, 5.41) is 8.11. The molecule has 0 aliphatic heterocycles. The number of aromatic nitrogens is 5. The zero-order valence-corrected chi connectivity index (χ0v) is 14.4. The molecule has 1 aliphatic carbocycles. The number of aromatic amines is 1. The van der Waals surface area contributed by atoms with Crippen LogP contribution in [-0.2, 0) is 6.42 Å². The van der Waals surface area contributed by atoms with Crippen molar-refractivity contribution in [3.63, 3.8) is 0 Å². The molecule has 4 aromatic rings. The molecule has 7 nitrogen and oxygen atoms in total. The van der Waals surface area contributed by atoms with Gasteiger partial charge < -0.3 is 16.0 Å². The van der Waals surface area contributed by atoms with Gasteiger partial charge in [0.15, 0.2) is 5.82 Å². The number of fused-ring (bicyclic) bond motifs is 3. The van der Waals surface area contributed by atoms with Crippen LogP contribution < -0.4 is 11.5 Å². The lowest BCUT2D eigenvalue weighted by Gasteiger charge is -2.29. The van der Waals surface area contributed by atoms with E-state index in [2.05, 4.69) is 37.9 Å². The molecule has 5 N–H and O–H groups in total. The first-order valence-corrected chi connectivity index (χ1v) is 9.06. The van der Waals surface area contributed by atoms with Crippen molar-refractivity contribution in [3.05, 3.63) is 36.3 Å². The van der Waals surface area contributed by atoms with Crippen LogP contribution in [0.1, 0.15) is 31.1 Å². The second kappa shape index (κ2) is 5.81. The van der Waals surface area contributed by atoms with Crippen molar-refractivity contribution < 1.29 is 0 Å². The van der Waals surface area contributed by atoms with Crippen molar-refractivity contribution in [1.29, 1.82) is 0 Å². The second-order valence-electron chi connectivity index (χ2n) is 6.92. The molecule has 0 unspecified atom stereocenters. The number of benzene rings is 1. The number of imidazole rings is 1. The predicted octanol–water partition coefficient (Wildman–Crippen LogP) is 2.78. The van der Waals surface area contributed by atoms with Gasteiger partial charge in [-0.2, -0.15) is 5.10 Å². The molecule has 0 saturated heterocycles. The predicted molar refractivity (Wildman–Crippen MR) is 103 cm³/mol. The fourth-order valence-electron chi connectivity index (χ4n) is 3.85. The molecule has 3 aromatic heterocycles. The van der Waals surface area contributed by atoms with Crippen molar-refractivity contribution in [2.45, 2.75) is 31.7 Å². The quantitative estimate of drug-likeness (QED) is 0.525. The minimum absolute atomic E-state index is 0.477. The highest BCUT2D eigenvalue weighted by Gasteiger charge is 2.26. The summed E-state index contributed by atoms with van der Waals surface area (Å²) in [4.78, 5) is 9.44. The van der Waals surface area contributed by atoms with Gasteiger partial charge in [0.05, 0.1) is 16.7 Å². The minimum atomic E-state index is 0.477. The Morgan fingerprint density at radius 2 is 2.08 bits per heavy atom. The molecule has 1 fully saturated rings. The highest BCUT2D eigenvalue weighted by atomic mass is 15.1. The highest BCUT2D eigenvalue weighted by Crippen LogP contribution is 2.39. The summed E-state index contributed by atoms with van der Waals surface area (Å²) in [6.07, 6.45) is 6.11. The Labute approximate surface area is 150 Å². The lowest BCUT2D eigenvalue weighted by Crippen LogP contribution is -2.20. The van der Waals surface area contributed by atoms with Crippen LogP contribution in [-0.4, -0.2) is 31.3 Å². The van der Waals surface area contributed by atoms with Gasteiger partial charge in [0, 0.05) is 29.6 Å². The number of rotatable bonds is 4. The second-order valence-corrected chi connectivity index (χ2v) is 6.92. The van der Waals surface area contributed by atoms with Crippen molar-refractivity contribution in [2.24, 2.45) is 5.73 Å². The number of hydrogen-bond donors (Lipinski definition) is 3. The third-order valence-corrected chi connectivity index (χ3v) is 5.34. The van der Waals surface area contributed by atoms with Gasteiger partial charge in [0.2, 0.25) is 0 Å². The fourth-order valence-corrected chi connectivity index (χ4v) is 3.85. The Bertz CT molecular complexity index is 1090. The number of nitrogens with two attached hydrogens (primary N) is 2. The van der Waals surface area contributed by atoms with Crippen LogP contribution >= 0.6 is 0 Å². The van der Waals surface area contributed by atoms with Crippen LogP contribution in [0.2, 0.25) is 0 Å². The van der Waals surface area contributed by atoms with Crippen LogP contribution in [0.15, 0.2) is 30.5 Å². The summed E-state index contributed by atoms with van der Waals surface area (Å²) in [6, 6.07) is 8.69. The van der Waals surface area contributed by atoms with Crippen LogP contribution in [0, 0.1) is 0 Å². The smallest absolute Gasteiger partial charge is 0.152 e. The third-order valence-electron chi connectivity index (χ3n) is 5.34. The molecule has 0 radical (unpaired) electrons. The molecule has 0 bridgehead atoms. The first-order valence-electron chi connectivity index (χ1n) is 9.06. The average Bonchev–Trinajstić information content (AvgIpc) is 3.23. The zero-order chi connectivity index (χ0) is 17.7. The van der Waals surface area contributed by atoms with Crippen molar-refractivity contribution in [1.82, 2.24) is 24.7 Å². The molecule has 0 spiro atoms. The first-order chi connectivity index (χ1) is 12.8. The van der Waals surface area contributed by atoms with E-state index >= 15 is 0 Å². The molecule has 26 heavy (non-hydrogen) atoms. The average molecular weight is 347 g/mol. The third kappa shape index (κ3) is 2.20. The number of anilines is 1. The number of H-pyrrole nitrogens is 1. The molecule has 1 aliphatic rings. The van der Waals surface area contributed by atoms with E-state index in [1.807, 2.05) is 6.07 Å². The summed E-state index contributed by atoms with van der Waals surface area (Å²) >= 11 is 0. The molecule has 132 valence electrons. The lowest BCUT2D eigenvalue weighted by molar-refractivity contribution is 0.313. The molecule has 3 heterocycles. The maximum atomic E-state index is 6.29. The van der Waals surface area contributed by atoms with Gasteiger partial charge in [-0.3, -0.25) is 5.10 Å². The Kier molecular flexibility index (Phi) is 3.43. The normalized spacial score (nSPS) is 15.0. The number of nitrogen functional groups attached to an aromatic ring is 1. The Morgan fingerprint density at radius 3 is 2.77 bits per heavy atom. The van der Waals surface area contributed by atoms with E-state index in [9.17, 15) is 0 Å². The summed E-state index contributed by atoms with van der Waals surface area (Å²) < 4.78 is 2.36. The molecular weight excluding hydrogens is 326 g/mol. The van der Waals surface area contributed by atoms with E-state index in [1.54, 1.807) is 6.20 Å². The molecule has 0 atom stereocenters. The molecule has 1 aromatic carbocycles. The Morgan fingerprint density at radius 1 is 1.19 bits per heavy atom. The van der Waals surface area contributed by atoms with E-state index in [1.165, 1.54) is 19.3 Å². The van der Waals surface area contributed by atoms with Crippen molar-refractivity contribution in [2.75, 3.05) is 12.3 Å². The summed E-state index contributed by atoms with van der Waals surface area (Å²) in [5.41, 5.74) is 16.9. The molecular formula is C19H21N7. The van der Waals surface area contributed by atoms with Gasteiger partial charge in [0.1, 0.15) is 11.3 Å². The maximum absolute atomic E-state index is 6.29. The first kappa shape index (κ1) is 15.3. The van der Waals surface area contributed by atoms with Crippen LogP contribution in [0.25, 0.3) is 33.2 Å². The van der Waals surface area contributed by atoms with Gasteiger partial charge in [-0.1, -0.05) is 6.07 Å². The monoisotopic (exact) mass is 347 g/mol. The number of pyridine rings is 1. The molecule has 0 amide bonds. The maximum Gasteiger partial charge on any atom is 0.152 e. The van der Waals surface area contributed by atoms with E-state index in [0.717, 1.165) is 45.4 Å². The van der Waals surface area contributed by atoms with Gasteiger partial charge in [0.25, 0.3) is 0 Å². The van der Waals surface area contributed by atoms with E-state index < -0.39 is 0 Å². The number of nitrogens with one attached hydrogen (secondary N) is 1. The fraction of sp³-hybridized carbons (Fsp3) is 0.316. The van der Waals surface area contributed by atoms with Crippen LogP contribution in [0.4, 0.5) is 5.82 Å². The molecule has 1 saturated carbocycles. The molecule has 5 rings (SSSR count). The lowest BCUT2D eigenvalue weighted by atomic mass is 9.92. The van der Waals surface area contributed by atoms with E-state index in [4.69, 9.17) is 16.5 Å². The number of nitrogens with zero attached hydrogens (tertiary/aromatic N) is 4.